The predicted octanol–water partition coefficient (Wildman–Crippen LogP) is 1.01. The zero-order chi connectivity index (χ0) is 14.5. The Morgan fingerprint density at radius 2 is 2.05 bits per heavy atom. The van der Waals surface area contributed by atoms with Crippen LogP contribution in [0.15, 0.2) is 24.3 Å². The second-order valence-corrected chi connectivity index (χ2v) is 7.51. The number of benzene rings is 1. The number of nitrogens with two attached hydrogens (primary N) is 1. The van der Waals surface area contributed by atoms with Crippen LogP contribution in [0.1, 0.15) is 24.0 Å². The predicted molar refractivity (Wildman–Crippen MR) is 77.9 cm³/mol. The molecule has 4 nitrogen and oxygen atoms in total. The zero-order valence-electron chi connectivity index (χ0n) is 11.6. The first-order valence-electron chi connectivity index (χ1n) is 6.39. The highest BCUT2D eigenvalue weighted by Gasteiger charge is 2.30. The van der Waals surface area contributed by atoms with Crippen LogP contribution < -0.4 is 5.73 Å². The van der Waals surface area contributed by atoms with Gasteiger partial charge in [-0.15, -0.1) is 0 Å². The van der Waals surface area contributed by atoms with Crippen molar-refractivity contribution in [2.45, 2.75) is 25.2 Å². The van der Waals surface area contributed by atoms with E-state index in [0.717, 1.165) is 11.1 Å². The van der Waals surface area contributed by atoms with Gasteiger partial charge in [0.05, 0.1) is 6.61 Å². The van der Waals surface area contributed by atoms with Gasteiger partial charge in [-0.3, -0.25) is 0 Å². The van der Waals surface area contributed by atoms with Crippen LogP contribution in [0.5, 0.6) is 0 Å². The van der Waals surface area contributed by atoms with E-state index in [2.05, 4.69) is 0 Å². The molecule has 1 aromatic rings. The fraction of sp³-hybridized carbons (Fsp3) is 0.571. The molecular weight excluding hydrogens is 262 g/mol. The molecule has 1 atom stereocenters. The Kier molecular flexibility index (Phi) is 5.52. The Hall–Kier alpha value is -0.910. The van der Waals surface area contributed by atoms with Gasteiger partial charge >= 0.3 is 0 Å². The van der Waals surface area contributed by atoms with Crippen LogP contribution in [0.3, 0.4) is 0 Å². The molecular formula is C14H23NO3S. The molecule has 1 unspecified atom stereocenters. The van der Waals surface area contributed by atoms with Crippen molar-refractivity contribution in [3.05, 3.63) is 35.4 Å². The molecule has 5 heteroatoms. The van der Waals surface area contributed by atoms with Crippen LogP contribution in [0.2, 0.25) is 0 Å². The van der Waals surface area contributed by atoms with Crippen LogP contribution in [0.25, 0.3) is 0 Å². The second kappa shape index (κ2) is 6.50. The van der Waals surface area contributed by atoms with E-state index < -0.39 is 15.3 Å². The summed E-state index contributed by atoms with van der Waals surface area (Å²) in [7, 11) is -2.98. The van der Waals surface area contributed by atoms with Gasteiger partial charge in [-0.05, 0) is 25.3 Å². The van der Waals surface area contributed by atoms with E-state index >= 15 is 0 Å². The summed E-state index contributed by atoms with van der Waals surface area (Å²) < 4.78 is 22.4. The Labute approximate surface area is 115 Å². The third kappa shape index (κ3) is 4.60. The molecule has 0 spiro atoms. The highest BCUT2D eigenvalue weighted by Crippen LogP contribution is 2.29. The molecule has 0 aliphatic rings. The highest BCUT2D eigenvalue weighted by atomic mass is 32.2. The first-order valence-corrected chi connectivity index (χ1v) is 8.45. The molecule has 0 aliphatic carbocycles. The summed E-state index contributed by atoms with van der Waals surface area (Å²) in [4.78, 5) is 0. The number of aryl methyl sites for hydroxylation is 1. The van der Waals surface area contributed by atoms with Crippen molar-refractivity contribution in [3.8, 4) is 0 Å². The fourth-order valence-electron chi connectivity index (χ4n) is 2.25. The van der Waals surface area contributed by atoms with Gasteiger partial charge in [0.25, 0.3) is 0 Å². The summed E-state index contributed by atoms with van der Waals surface area (Å²) in [6.45, 7) is 2.21. The summed E-state index contributed by atoms with van der Waals surface area (Å²) >= 11 is 0. The van der Waals surface area contributed by atoms with Crippen LogP contribution in [-0.2, 0) is 15.3 Å². The topological polar surface area (TPSA) is 80.4 Å². The summed E-state index contributed by atoms with van der Waals surface area (Å²) in [6.07, 6.45) is 2.30. The number of hydrogen-bond donors (Lipinski definition) is 2. The van der Waals surface area contributed by atoms with E-state index in [9.17, 15) is 13.5 Å². The van der Waals surface area contributed by atoms with Gasteiger partial charge in [0.2, 0.25) is 0 Å². The summed E-state index contributed by atoms with van der Waals surface area (Å²) in [5.74, 6) is 0.126. The van der Waals surface area contributed by atoms with E-state index in [-0.39, 0.29) is 12.4 Å². The maximum atomic E-state index is 11.2. The normalized spacial score (nSPS) is 15.2. The molecule has 19 heavy (non-hydrogen) atoms. The molecule has 0 heterocycles. The van der Waals surface area contributed by atoms with Crippen molar-refractivity contribution in [1.82, 2.24) is 0 Å². The summed E-state index contributed by atoms with van der Waals surface area (Å²) in [5.41, 5.74) is 7.38. The largest absolute Gasteiger partial charge is 0.395 e. The molecule has 1 aromatic carbocycles. The Balaban J connectivity index is 2.91. The molecule has 0 bridgehead atoms. The highest BCUT2D eigenvalue weighted by molar-refractivity contribution is 7.90. The van der Waals surface area contributed by atoms with Gasteiger partial charge in [0.1, 0.15) is 9.84 Å². The maximum Gasteiger partial charge on any atom is 0.147 e. The monoisotopic (exact) mass is 285 g/mol. The molecule has 0 saturated carbocycles. The molecule has 0 amide bonds. The van der Waals surface area contributed by atoms with Crippen molar-refractivity contribution in [2.75, 3.05) is 25.2 Å². The van der Waals surface area contributed by atoms with Gasteiger partial charge in [0, 0.05) is 24.0 Å². The SMILES string of the molecule is Cc1cccc(C(CN)(CO)CCCS(C)(=O)=O)c1. The standard InChI is InChI=1S/C14H23NO3S/c1-12-5-3-6-13(9-12)14(10-15,11-16)7-4-8-19(2,17)18/h3,5-6,9,16H,4,7-8,10-11,15H2,1-2H3. The number of sulfone groups is 1. The second-order valence-electron chi connectivity index (χ2n) is 5.25. The minimum Gasteiger partial charge on any atom is -0.395 e. The molecule has 0 aliphatic heterocycles. The molecule has 0 aromatic heterocycles. The van der Waals surface area contributed by atoms with E-state index in [1.54, 1.807) is 0 Å². The average Bonchev–Trinajstić information content (AvgIpc) is 2.34. The Morgan fingerprint density at radius 3 is 2.53 bits per heavy atom. The van der Waals surface area contributed by atoms with Gasteiger partial charge in [0.15, 0.2) is 0 Å². The third-order valence-electron chi connectivity index (χ3n) is 3.49. The lowest BCUT2D eigenvalue weighted by molar-refractivity contribution is 0.187. The van der Waals surface area contributed by atoms with Gasteiger partial charge in [-0.25, -0.2) is 8.42 Å². The summed E-state index contributed by atoms with van der Waals surface area (Å²) in [6, 6.07) is 7.86. The van der Waals surface area contributed by atoms with E-state index in [0.29, 0.717) is 19.4 Å². The van der Waals surface area contributed by atoms with Crippen LogP contribution in [0.4, 0.5) is 0 Å². The molecule has 0 radical (unpaired) electrons. The minimum atomic E-state index is -2.98. The smallest absolute Gasteiger partial charge is 0.147 e. The Bertz CT molecular complexity index is 507. The van der Waals surface area contributed by atoms with Crippen molar-refractivity contribution in [3.63, 3.8) is 0 Å². The van der Waals surface area contributed by atoms with Crippen molar-refractivity contribution >= 4 is 9.84 Å². The molecule has 0 saturated heterocycles. The van der Waals surface area contributed by atoms with Gasteiger partial charge in [-0.1, -0.05) is 29.8 Å². The maximum absolute atomic E-state index is 11.2. The molecule has 1 rings (SSSR count). The first kappa shape index (κ1) is 16.1. The van der Waals surface area contributed by atoms with Gasteiger partial charge < -0.3 is 10.8 Å². The first-order chi connectivity index (χ1) is 8.83. The van der Waals surface area contributed by atoms with Gasteiger partial charge in [-0.2, -0.15) is 0 Å². The number of rotatable bonds is 7. The van der Waals surface area contributed by atoms with Crippen LogP contribution in [-0.4, -0.2) is 38.7 Å². The van der Waals surface area contributed by atoms with E-state index in [4.69, 9.17) is 5.73 Å². The van der Waals surface area contributed by atoms with Crippen LogP contribution >= 0.6 is 0 Å². The molecule has 0 fully saturated rings. The molecule has 108 valence electrons. The van der Waals surface area contributed by atoms with Crippen molar-refractivity contribution < 1.29 is 13.5 Å². The third-order valence-corrected chi connectivity index (χ3v) is 4.52. The van der Waals surface area contributed by atoms with E-state index in [1.807, 2.05) is 31.2 Å². The lowest BCUT2D eigenvalue weighted by atomic mass is 9.77. The van der Waals surface area contributed by atoms with E-state index in [1.165, 1.54) is 6.26 Å². The van der Waals surface area contributed by atoms with Crippen molar-refractivity contribution in [1.29, 1.82) is 0 Å². The molecule has 3 N–H and O–H groups in total. The lowest BCUT2D eigenvalue weighted by Crippen LogP contribution is -2.39. The average molecular weight is 285 g/mol. The van der Waals surface area contributed by atoms with Crippen LogP contribution in [0, 0.1) is 6.92 Å². The summed E-state index contributed by atoms with van der Waals surface area (Å²) in [5, 5.41) is 9.72. The minimum absolute atomic E-state index is 0.0727. The van der Waals surface area contributed by atoms with Crippen molar-refractivity contribution in [2.24, 2.45) is 5.73 Å². The number of aliphatic hydroxyl groups is 1. The number of hydrogen-bond acceptors (Lipinski definition) is 4. The lowest BCUT2D eigenvalue weighted by Gasteiger charge is -2.31. The number of aliphatic hydroxyl groups excluding tert-OH is 1. The fourth-order valence-corrected chi connectivity index (χ4v) is 2.92. The zero-order valence-corrected chi connectivity index (χ0v) is 12.4. The quantitative estimate of drug-likeness (QED) is 0.783. The Morgan fingerprint density at radius 1 is 1.37 bits per heavy atom.